The highest BCUT2D eigenvalue weighted by Gasteiger charge is 2.43. The Labute approximate surface area is 110 Å². The molecule has 0 aromatic rings. The van der Waals surface area contributed by atoms with E-state index in [-0.39, 0.29) is 18.1 Å². The van der Waals surface area contributed by atoms with Gasteiger partial charge in [0.15, 0.2) is 0 Å². The lowest BCUT2D eigenvalue weighted by Gasteiger charge is -2.41. The van der Waals surface area contributed by atoms with E-state index in [1.54, 1.807) is 0 Å². The number of nitrogens with one attached hydrogen (secondary N) is 1. The van der Waals surface area contributed by atoms with Gasteiger partial charge < -0.3 is 15.3 Å². The van der Waals surface area contributed by atoms with Gasteiger partial charge in [-0.25, -0.2) is 0 Å². The van der Waals surface area contributed by atoms with Crippen LogP contribution in [0.2, 0.25) is 0 Å². The second kappa shape index (κ2) is 6.02. The van der Waals surface area contributed by atoms with Crippen molar-refractivity contribution in [1.82, 2.24) is 10.2 Å². The molecule has 0 radical (unpaired) electrons. The molecule has 2 saturated heterocycles. The van der Waals surface area contributed by atoms with Crippen LogP contribution in [0.5, 0.6) is 0 Å². The van der Waals surface area contributed by atoms with E-state index in [0.29, 0.717) is 5.91 Å². The second-order valence-electron chi connectivity index (χ2n) is 5.72. The van der Waals surface area contributed by atoms with Crippen molar-refractivity contribution in [3.63, 3.8) is 0 Å². The van der Waals surface area contributed by atoms with Crippen LogP contribution in [0.4, 0.5) is 0 Å². The molecule has 0 bridgehead atoms. The summed E-state index contributed by atoms with van der Waals surface area (Å²) in [4.78, 5) is 14.9. The summed E-state index contributed by atoms with van der Waals surface area (Å²) in [5.74, 6) is 0.327. The predicted octanol–water partition coefficient (Wildman–Crippen LogP) is 1.14. The summed E-state index contributed by atoms with van der Waals surface area (Å²) in [6.07, 6.45) is 5.97. The molecule has 1 amide bonds. The second-order valence-corrected chi connectivity index (χ2v) is 5.72. The Bertz CT molecular complexity index is 286. The van der Waals surface area contributed by atoms with Crippen molar-refractivity contribution in [2.24, 2.45) is 5.41 Å². The molecule has 2 rings (SSSR count). The van der Waals surface area contributed by atoms with E-state index in [4.69, 9.17) is 5.11 Å². The standard InChI is InChI=1S/C14H26N2O2/c1-2-14(7-8-15-11-14)13(18)16-9-4-3-5-12(16)6-10-17/h12,15,17H,2-11H2,1H3. The summed E-state index contributed by atoms with van der Waals surface area (Å²) < 4.78 is 0. The van der Waals surface area contributed by atoms with Gasteiger partial charge in [0.2, 0.25) is 5.91 Å². The van der Waals surface area contributed by atoms with Crippen molar-refractivity contribution in [1.29, 1.82) is 0 Å². The quantitative estimate of drug-likeness (QED) is 0.791. The SMILES string of the molecule is CCC1(C(=O)N2CCCCC2CCO)CCNC1. The first-order chi connectivity index (χ1) is 8.73. The van der Waals surface area contributed by atoms with E-state index < -0.39 is 0 Å². The zero-order valence-electron chi connectivity index (χ0n) is 11.5. The normalized spacial score (nSPS) is 32.8. The van der Waals surface area contributed by atoms with Crippen molar-refractivity contribution < 1.29 is 9.90 Å². The molecule has 0 aromatic heterocycles. The molecule has 2 aliphatic rings. The maximum Gasteiger partial charge on any atom is 0.230 e. The average molecular weight is 254 g/mol. The molecule has 2 atom stereocenters. The van der Waals surface area contributed by atoms with E-state index in [2.05, 4.69) is 17.1 Å². The van der Waals surface area contributed by atoms with Crippen LogP contribution in [0, 0.1) is 5.41 Å². The molecular formula is C14H26N2O2. The first-order valence-electron chi connectivity index (χ1n) is 7.36. The van der Waals surface area contributed by atoms with E-state index >= 15 is 0 Å². The van der Waals surface area contributed by atoms with Gasteiger partial charge >= 0.3 is 0 Å². The Kier molecular flexibility index (Phi) is 4.62. The number of amides is 1. The molecule has 2 unspecified atom stereocenters. The molecule has 2 N–H and O–H groups in total. The highest BCUT2D eigenvalue weighted by Crippen LogP contribution is 2.34. The Morgan fingerprint density at radius 2 is 2.33 bits per heavy atom. The minimum atomic E-state index is -0.176. The summed E-state index contributed by atoms with van der Waals surface area (Å²) in [6, 6.07) is 0.264. The van der Waals surface area contributed by atoms with Gasteiger partial charge in [0, 0.05) is 25.7 Å². The van der Waals surface area contributed by atoms with E-state index in [9.17, 15) is 4.79 Å². The van der Waals surface area contributed by atoms with Crippen molar-refractivity contribution >= 4 is 5.91 Å². The number of carbonyl (C=O) groups excluding carboxylic acids is 1. The lowest BCUT2D eigenvalue weighted by molar-refractivity contribution is -0.145. The molecule has 0 aromatic carbocycles. The first-order valence-corrected chi connectivity index (χ1v) is 7.36. The van der Waals surface area contributed by atoms with Crippen molar-refractivity contribution in [3.05, 3.63) is 0 Å². The number of carbonyl (C=O) groups is 1. The van der Waals surface area contributed by atoms with Crippen LogP contribution < -0.4 is 5.32 Å². The van der Waals surface area contributed by atoms with Gasteiger partial charge in [0.05, 0.1) is 5.41 Å². The van der Waals surface area contributed by atoms with Gasteiger partial charge in [-0.3, -0.25) is 4.79 Å². The van der Waals surface area contributed by atoms with Gasteiger partial charge in [0.1, 0.15) is 0 Å². The third-order valence-electron chi connectivity index (χ3n) is 4.72. The molecule has 18 heavy (non-hydrogen) atoms. The van der Waals surface area contributed by atoms with Crippen LogP contribution in [-0.4, -0.2) is 48.2 Å². The summed E-state index contributed by atoms with van der Waals surface area (Å²) in [6.45, 7) is 4.97. The molecule has 4 heteroatoms. The summed E-state index contributed by atoms with van der Waals surface area (Å²) in [7, 11) is 0. The van der Waals surface area contributed by atoms with E-state index in [0.717, 1.165) is 51.7 Å². The Morgan fingerprint density at radius 3 is 2.94 bits per heavy atom. The number of likely N-dealkylation sites (tertiary alicyclic amines) is 1. The summed E-state index contributed by atoms with van der Waals surface area (Å²) in [5, 5.41) is 12.5. The number of hydrogen-bond donors (Lipinski definition) is 2. The zero-order valence-corrected chi connectivity index (χ0v) is 11.5. The van der Waals surface area contributed by atoms with Crippen LogP contribution >= 0.6 is 0 Å². The molecule has 2 aliphatic heterocycles. The zero-order chi connectivity index (χ0) is 13.0. The van der Waals surface area contributed by atoms with Crippen LogP contribution in [0.15, 0.2) is 0 Å². The van der Waals surface area contributed by atoms with Gasteiger partial charge in [-0.2, -0.15) is 0 Å². The number of nitrogens with zero attached hydrogens (tertiary/aromatic N) is 1. The fraction of sp³-hybridized carbons (Fsp3) is 0.929. The van der Waals surface area contributed by atoms with E-state index in [1.807, 2.05) is 0 Å². The number of rotatable bonds is 4. The molecule has 2 heterocycles. The fourth-order valence-electron chi connectivity index (χ4n) is 3.40. The third kappa shape index (κ3) is 2.54. The van der Waals surface area contributed by atoms with Crippen molar-refractivity contribution in [2.45, 2.75) is 51.5 Å². The monoisotopic (exact) mass is 254 g/mol. The molecule has 104 valence electrons. The number of aliphatic hydroxyl groups excluding tert-OH is 1. The third-order valence-corrected chi connectivity index (χ3v) is 4.72. The minimum Gasteiger partial charge on any atom is -0.396 e. The molecule has 0 saturated carbocycles. The highest BCUT2D eigenvalue weighted by atomic mass is 16.3. The predicted molar refractivity (Wildman–Crippen MR) is 71.3 cm³/mol. The van der Waals surface area contributed by atoms with Crippen molar-refractivity contribution in [2.75, 3.05) is 26.2 Å². The number of aliphatic hydroxyl groups is 1. The smallest absolute Gasteiger partial charge is 0.230 e. The van der Waals surface area contributed by atoms with Crippen molar-refractivity contribution in [3.8, 4) is 0 Å². The van der Waals surface area contributed by atoms with Gasteiger partial charge in [-0.1, -0.05) is 6.92 Å². The van der Waals surface area contributed by atoms with Crippen LogP contribution in [0.25, 0.3) is 0 Å². The molecular weight excluding hydrogens is 228 g/mol. The maximum absolute atomic E-state index is 12.8. The van der Waals surface area contributed by atoms with E-state index in [1.165, 1.54) is 6.42 Å². The minimum absolute atomic E-state index is 0.176. The Hall–Kier alpha value is -0.610. The van der Waals surface area contributed by atoms with Gasteiger partial charge in [-0.05, 0) is 45.1 Å². The molecule has 4 nitrogen and oxygen atoms in total. The van der Waals surface area contributed by atoms with Crippen LogP contribution in [0.3, 0.4) is 0 Å². The number of hydrogen-bond acceptors (Lipinski definition) is 3. The lowest BCUT2D eigenvalue weighted by Crippen LogP contribution is -2.51. The van der Waals surface area contributed by atoms with Crippen LogP contribution in [0.1, 0.15) is 45.4 Å². The molecule has 0 aliphatic carbocycles. The fourth-order valence-corrected chi connectivity index (χ4v) is 3.40. The molecule has 2 fully saturated rings. The topological polar surface area (TPSA) is 52.6 Å². The summed E-state index contributed by atoms with van der Waals surface area (Å²) >= 11 is 0. The highest BCUT2D eigenvalue weighted by molar-refractivity contribution is 5.83. The molecule has 0 spiro atoms. The maximum atomic E-state index is 12.8. The largest absolute Gasteiger partial charge is 0.396 e. The lowest BCUT2D eigenvalue weighted by atomic mass is 9.81. The first kappa shape index (κ1) is 13.8. The average Bonchev–Trinajstić information content (AvgIpc) is 2.89. The van der Waals surface area contributed by atoms with Gasteiger partial charge in [-0.15, -0.1) is 0 Å². The Morgan fingerprint density at radius 1 is 1.50 bits per heavy atom. The Balaban J connectivity index is 2.09. The number of piperidine rings is 1. The summed E-state index contributed by atoms with van der Waals surface area (Å²) in [5.41, 5.74) is -0.176. The van der Waals surface area contributed by atoms with Crippen LogP contribution in [-0.2, 0) is 4.79 Å². The van der Waals surface area contributed by atoms with Gasteiger partial charge in [0.25, 0.3) is 0 Å².